The van der Waals surface area contributed by atoms with Crippen LogP contribution in [0, 0.1) is 11.3 Å². The van der Waals surface area contributed by atoms with Crippen molar-refractivity contribution in [3.8, 4) is 6.07 Å². The molecule has 0 fully saturated rings. The number of nitrogens with one attached hydrogen (secondary N) is 1. The first-order valence-corrected chi connectivity index (χ1v) is 6.65. The molecule has 0 spiro atoms. The predicted octanol–water partition coefficient (Wildman–Crippen LogP) is 2.27. The molecule has 1 aromatic carbocycles. The standard InChI is InChI=1S/C12H9F6N3O.C2H7N/c13-11(14,15)6-21(5-10(20)22)8-2-1-7(4-19)9(3-8)12(16,17)18;1-3-2/h1-3H,5-6H2,(H2,20,22);3H,1-2H3. The summed E-state index contributed by atoms with van der Waals surface area (Å²) in [6, 6.07) is 3.32. The van der Waals surface area contributed by atoms with Gasteiger partial charge in [0.15, 0.2) is 0 Å². The van der Waals surface area contributed by atoms with Crippen molar-refractivity contribution in [3.63, 3.8) is 0 Å². The van der Waals surface area contributed by atoms with Gasteiger partial charge < -0.3 is 16.0 Å². The minimum Gasteiger partial charge on any atom is -0.368 e. The molecule has 25 heavy (non-hydrogen) atoms. The van der Waals surface area contributed by atoms with Crippen molar-refractivity contribution >= 4 is 11.6 Å². The number of rotatable bonds is 4. The Balaban J connectivity index is 0.00000178. The van der Waals surface area contributed by atoms with E-state index in [2.05, 4.69) is 5.32 Å². The number of benzene rings is 1. The first-order valence-electron chi connectivity index (χ1n) is 6.65. The second kappa shape index (κ2) is 9.12. The van der Waals surface area contributed by atoms with Gasteiger partial charge in [-0.05, 0) is 32.3 Å². The Labute approximate surface area is 140 Å². The van der Waals surface area contributed by atoms with Gasteiger partial charge in [0.1, 0.15) is 6.54 Å². The smallest absolute Gasteiger partial charge is 0.368 e. The van der Waals surface area contributed by atoms with Gasteiger partial charge >= 0.3 is 12.4 Å². The van der Waals surface area contributed by atoms with Crippen molar-refractivity contribution in [2.24, 2.45) is 5.73 Å². The number of nitrogens with zero attached hydrogens (tertiary/aromatic N) is 2. The third-order valence-electron chi connectivity index (χ3n) is 2.51. The van der Waals surface area contributed by atoms with Crippen molar-refractivity contribution in [3.05, 3.63) is 29.3 Å². The van der Waals surface area contributed by atoms with Crippen LogP contribution in [0.1, 0.15) is 11.1 Å². The first-order chi connectivity index (χ1) is 11.4. The topological polar surface area (TPSA) is 82.2 Å². The summed E-state index contributed by atoms with van der Waals surface area (Å²) < 4.78 is 75.7. The summed E-state index contributed by atoms with van der Waals surface area (Å²) >= 11 is 0. The van der Waals surface area contributed by atoms with Crippen molar-refractivity contribution in [1.82, 2.24) is 5.32 Å². The van der Waals surface area contributed by atoms with Crippen LogP contribution in [-0.4, -0.2) is 39.3 Å². The summed E-state index contributed by atoms with van der Waals surface area (Å²) in [6.07, 6.45) is -9.67. The van der Waals surface area contributed by atoms with Gasteiger partial charge in [0, 0.05) is 5.69 Å². The molecule has 3 N–H and O–H groups in total. The average molecular weight is 370 g/mol. The molecule has 0 bridgehead atoms. The molecule has 0 aliphatic heterocycles. The van der Waals surface area contributed by atoms with Crippen LogP contribution in [-0.2, 0) is 11.0 Å². The summed E-state index contributed by atoms with van der Waals surface area (Å²) in [4.78, 5) is 11.2. The van der Waals surface area contributed by atoms with Gasteiger partial charge in [-0.2, -0.15) is 31.6 Å². The fraction of sp³-hybridized carbons (Fsp3) is 0.429. The number of anilines is 1. The molecule has 0 aliphatic carbocycles. The zero-order valence-corrected chi connectivity index (χ0v) is 13.3. The van der Waals surface area contributed by atoms with Crippen LogP contribution in [0.4, 0.5) is 32.0 Å². The van der Waals surface area contributed by atoms with Crippen molar-refractivity contribution in [1.29, 1.82) is 5.26 Å². The van der Waals surface area contributed by atoms with E-state index >= 15 is 0 Å². The van der Waals surface area contributed by atoms with E-state index in [0.717, 1.165) is 12.1 Å². The van der Waals surface area contributed by atoms with E-state index in [1.165, 1.54) is 6.07 Å². The van der Waals surface area contributed by atoms with Gasteiger partial charge in [-0.25, -0.2) is 0 Å². The molecule has 0 heterocycles. The molecule has 140 valence electrons. The minimum atomic E-state index is -4.92. The van der Waals surface area contributed by atoms with E-state index in [-0.39, 0.29) is 0 Å². The van der Waals surface area contributed by atoms with Crippen LogP contribution >= 0.6 is 0 Å². The lowest BCUT2D eigenvalue weighted by atomic mass is 10.1. The third-order valence-corrected chi connectivity index (χ3v) is 2.51. The maximum Gasteiger partial charge on any atom is 0.417 e. The van der Waals surface area contributed by atoms with Crippen LogP contribution in [0.25, 0.3) is 0 Å². The van der Waals surface area contributed by atoms with Gasteiger partial charge in [-0.15, -0.1) is 0 Å². The number of nitrogens with two attached hydrogens (primary N) is 1. The van der Waals surface area contributed by atoms with E-state index in [1.807, 2.05) is 14.1 Å². The number of carbonyl (C=O) groups excluding carboxylic acids is 1. The Hall–Kier alpha value is -2.48. The van der Waals surface area contributed by atoms with Gasteiger partial charge in [0.25, 0.3) is 0 Å². The maximum absolute atomic E-state index is 12.8. The molecule has 0 aliphatic rings. The van der Waals surface area contributed by atoms with Crippen molar-refractivity contribution < 1.29 is 31.1 Å². The molecule has 1 rings (SSSR count). The summed E-state index contributed by atoms with van der Waals surface area (Å²) in [5.74, 6) is -1.14. The number of hydrogen-bond donors (Lipinski definition) is 2. The van der Waals surface area contributed by atoms with Crippen LogP contribution in [0.15, 0.2) is 18.2 Å². The molecular weight excluding hydrogens is 354 g/mol. The van der Waals surface area contributed by atoms with E-state index in [1.54, 1.807) is 0 Å². The monoisotopic (exact) mass is 370 g/mol. The highest BCUT2D eigenvalue weighted by Gasteiger charge is 2.36. The highest BCUT2D eigenvalue weighted by molar-refractivity contribution is 5.79. The molecule has 0 radical (unpaired) electrons. The average Bonchev–Trinajstić information content (AvgIpc) is 2.44. The molecule has 0 unspecified atom stereocenters. The van der Waals surface area contributed by atoms with E-state index in [9.17, 15) is 31.1 Å². The summed E-state index contributed by atoms with van der Waals surface area (Å²) in [5, 5.41) is 11.4. The summed E-state index contributed by atoms with van der Waals surface area (Å²) in [6.45, 7) is -2.57. The van der Waals surface area contributed by atoms with Crippen LogP contribution in [0.3, 0.4) is 0 Å². The lowest BCUT2D eigenvalue weighted by Crippen LogP contribution is -2.40. The fourth-order valence-electron chi connectivity index (χ4n) is 1.70. The summed E-state index contributed by atoms with van der Waals surface area (Å²) in [7, 11) is 3.75. The van der Waals surface area contributed by atoms with Crippen LogP contribution in [0.2, 0.25) is 0 Å². The van der Waals surface area contributed by atoms with Crippen molar-refractivity contribution in [2.75, 3.05) is 32.1 Å². The quantitative estimate of drug-likeness (QED) is 0.797. The maximum atomic E-state index is 12.8. The molecule has 11 heteroatoms. The Morgan fingerprint density at radius 3 is 2.12 bits per heavy atom. The summed E-state index contributed by atoms with van der Waals surface area (Å²) in [5.41, 5.74) is 2.18. The molecule has 0 saturated heterocycles. The van der Waals surface area contributed by atoms with E-state index in [0.29, 0.717) is 11.0 Å². The third kappa shape index (κ3) is 8.25. The Kier molecular flexibility index (Phi) is 8.22. The molecular formula is C14H16F6N4O. The lowest BCUT2D eigenvalue weighted by molar-refractivity contribution is -0.137. The molecule has 0 atom stereocenters. The first kappa shape index (κ1) is 22.5. The highest BCUT2D eigenvalue weighted by atomic mass is 19.4. The number of alkyl halides is 6. The number of amides is 1. The number of carbonyl (C=O) groups is 1. The number of nitriles is 1. The molecule has 5 nitrogen and oxygen atoms in total. The zero-order chi connectivity index (χ0) is 19.8. The number of primary amides is 1. The van der Waals surface area contributed by atoms with E-state index in [4.69, 9.17) is 11.0 Å². The Bertz CT molecular complexity index is 621. The predicted molar refractivity (Wildman–Crippen MR) is 78.6 cm³/mol. The molecule has 0 aromatic heterocycles. The van der Waals surface area contributed by atoms with Gasteiger partial charge in [-0.1, -0.05) is 0 Å². The number of halogens is 6. The van der Waals surface area contributed by atoms with Gasteiger partial charge in [-0.3, -0.25) is 4.79 Å². The molecule has 0 saturated carbocycles. The van der Waals surface area contributed by atoms with E-state index < -0.39 is 48.2 Å². The SMILES string of the molecule is CNC.N#Cc1ccc(N(CC(N)=O)CC(F)(F)F)cc1C(F)(F)F. The highest BCUT2D eigenvalue weighted by Crippen LogP contribution is 2.35. The Morgan fingerprint density at radius 1 is 1.24 bits per heavy atom. The van der Waals surface area contributed by atoms with Gasteiger partial charge in [0.2, 0.25) is 5.91 Å². The largest absolute Gasteiger partial charge is 0.417 e. The second-order valence-corrected chi connectivity index (χ2v) is 4.78. The normalized spacial score (nSPS) is 11.2. The minimum absolute atomic E-state index is 0.360. The van der Waals surface area contributed by atoms with Crippen molar-refractivity contribution in [2.45, 2.75) is 12.4 Å². The lowest BCUT2D eigenvalue weighted by Gasteiger charge is -2.25. The van der Waals surface area contributed by atoms with Gasteiger partial charge in [0.05, 0.1) is 23.7 Å². The molecule has 1 amide bonds. The molecule has 1 aromatic rings. The zero-order valence-electron chi connectivity index (χ0n) is 13.3. The Morgan fingerprint density at radius 2 is 1.76 bits per heavy atom. The van der Waals surface area contributed by atoms with Crippen LogP contribution in [0.5, 0.6) is 0 Å². The van der Waals surface area contributed by atoms with Crippen LogP contribution < -0.4 is 16.0 Å². The second-order valence-electron chi connectivity index (χ2n) is 4.78. The number of hydrogen-bond acceptors (Lipinski definition) is 4. The fourth-order valence-corrected chi connectivity index (χ4v) is 1.70.